The molecule has 8 heteroatoms. The first-order valence-corrected chi connectivity index (χ1v) is 10.5. The molecule has 0 aliphatic carbocycles. The molecule has 0 bridgehead atoms. The molecule has 3 aromatic rings. The largest absolute Gasteiger partial charge is 0.493 e. The predicted octanol–water partition coefficient (Wildman–Crippen LogP) is 4.85. The second kappa shape index (κ2) is 11.3. The van der Waals surface area contributed by atoms with E-state index in [1.54, 1.807) is 23.1 Å². The Morgan fingerprint density at radius 3 is 2.55 bits per heavy atom. The second-order valence-electron chi connectivity index (χ2n) is 7.46. The molecule has 6 nitrogen and oxygen atoms in total. The Labute approximate surface area is 191 Å². The molecule has 174 valence electrons. The van der Waals surface area contributed by atoms with Crippen LogP contribution in [-0.2, 0) is 13.2 Å². The summed E-state index contributed by atoms with van der Waals surface area (Å²) in [4.78, 5) is 14.4. The monoisotopic (exact) mass is 455 g/mol. The molecule has 3 N–H and O–H groups in total. The number of hydrogen-bond donors (Lipinski definition) is 2. The van der Waals surface area contributed by atoms with E-state index in [1.165, 1.54) is 19.2 Å². The zero-order valence-corrected chi connectivity index (χ0v) is 18.6. The van der Waals surface area contributed by atoms with Crippen LogP contribution in [-0.4, -0.2) is 31.1 Å². The molecule has 0 atom stereocenters. The third-order valence-electron chi connectivity index (χ3n) is 5.07. The molecule has 3 rings (SSSR count). The van der Waals surface area contributed by atoms with Crippen LogP contribution in [0.2, 0.25) is 0 Å². The fourth-order valence-electron chi connectivity index (χ4n) is 3.26. The van der Waals surface area contributed by atoms with Crippen LogP contribution in [0.3, 0.4) is 0 Å². The second-order valence-corrected chi connectivity index (χ2v) is 7.46. The summed E-state index contributed by atoms with van der Waals surface area (Å²) in [6, 6.07) is 15.8. The average Bonchev–Trinajstić information content (AvgIpc) is 2.80. The Balaban J connectivity index is 1.70. The van der Waals surface area contributed by atoms with Gasteiger partial charge in [0.2, 0.25) is 0 Å². The molecule has 0 saturated heterocycles. The van der Waals surface area contributed by atoms with Gasteiger partial charge in [-0.15, -0.1) is 0 Å². The van der Waals surface area contributed by atoms with Gasteiger partial charge in [-0.05, 0) is 48.4 Å². The van der Waals surface area contributed by atoms with Crippen molar-refractivity contribution in [1.82, 2.24) is 4.90 Å². The van der Waals surface area contributed by atoms with Gasteiger partial charge in [-0.25, -0.2) is 13.6 Å². The van der Waals surface area contributed by atoms with Gasteiger partial charge in [0.05, 0.1) is 7.11 Å². The van der Waals surface area contributed by atoms with Crippen LogP contribution in [0.15, 0.2) is 60.7 Å². The van der Waals surface area contributed by atoms with Crippen LogP contribution >= 0.6 is 0 Å². The molecule has 0 heterocycles. The zero-order valence-electron chi connectivity index (χ0n) is 18.6. The van der Waals surface area contributed by atoms with Gasteiger partial charge in [-0.3, -0.25) is 0 Å². The number of nitrogens with zero attached hydrogens (tertiary/aromatic N) is 1. The number of anilines is 1. The Hall–Kier alpha value is -3.65. The summed E-state index contributed by atoms with van der Waals surface area (Å²) >= 11 is 0. The number of methoxy groups -OCH3 is 1. The number of nitrogens with one attached hydrogen (secondary N) is 1. The van der Waals surface area contributed by atoms with E-state index in [-0.39, 0.29) is 18.2 Å². The highest BCUT2D eigenvalue weighted by Crippen LogP contribution is 2.30. The van der Waals surface area contributed by atoms with E-state index in [1.807, 2.05) is 31.2 Å². The molecule has 0 aromatic heterocycles. The highest BCUT2D eigenvalue weighted by molar-refractivity contribution is 5.90. The van der Waals surface area contributed by atoms with E-state index in [0.29, 0.717) is 31.1 Å². The minimum atomic E-state index is -0.678. The summed E-state index contributed by atoms with van der Waals surface area (Å²) in [5.74, 6) is -0.490. The number of urea groups is 1. The van der Waals surface area contributed by atoms with Crippen molar-refractivity contribution in [2.75, 3.05) is 25.5 Å². The molecule has 0 fully saturated rings. The van der Waals surface area contributed by atoms with Gasteiger partial charge >= 0.3 is 6.03 Å². The van der Waals surface area contributed by atoms with Crippen molar-refractivity contribution in [3.05, 3.63) is 89.0 Å². The Bertz CT molecular complexity index is 1110. The fourth-order valence-corrected chi connectivity index (χ4v) is 3.26. The van der Waals surface area contributed by atoms with Crippen molar-refractivity contribution in [2.45, 2.75) is 20.1 Å². The van der Waals surface area contributed by atoms with Gasteiger partial charge in [0, 0.05) is 37.0 Å². The van der Waals surface area contributed by atoms with E-state index in [2.05, 4.69) is 5.32 Å². The van der Waals surface area contributed by atoms with Gasteiger partial charge < -0.3 is 25.4 Å². The molecule has 33 heavy (non-hydrogen) atoms. The van der Waals surface area contributed by atoms with Crippen molar-refractivity contribution in [2.24, 2.45) is 5.73 Å². The van der Waals surface area contributed by atoms with Crippen molar-refractivity contribution >= 4 is 11.7 Å². The minimum Gasteiger partial charge on any atom is -0.493 e. The van der Waals surface area contributed by atoms with Crippen LogP contribution in [0.5, 0.6) is 11.5 Å². The molecule has 0 spiro atoms. The normalized spacial score (nSPS) is 10.6. The molecular weight excluding hydrogens is 428 g/mol. The summed E-state index contributed by atoms with van der Waals surface area (Å²) < 4.78 is 38.1. The van der Waals surface area contributed by atoms with E-state index in [4.69, 9.17) is 15.2 Å². The summed E-state index contributed by atoms with van der Waals surface area (Å²) in [7, 11) is 1.49. The minimum absolute atomic E-state index is 0.0834. The lowest BCUT2D eigenvalue weighted by Gasteiger charge is -2.23. The van der Waals surface area contributed by atoms with E-state index >= 15 is 0 Å². The topological polar surface area (TPSA) is 76.8 Å². The molecule has 0 saturated carbocycles. The lowest BCUT2D eigenvalue weighted by Crippen LogP contribution is -2.38. The molecule has 0 unspecified atom stereocenters. The number of benzene rings is 3. The smallest absolute Gasteiger partial charge is 0.322 e. The maximum atomic E-state index is 13.9. The number of amides is 2. The number of rotatable bonds is 9. The van der Waals surface area contributed by atoms with Crippen molar-refractivity contribution in [3.8, 4) is 11.5 Å². The lowest BCUT2D eigenvalue weighted by atomic mass is 10.1. The van der Waals surface area contributed by atoms with Gasteiger partial charge in [0.25, 0.3) is 0 Å². The molecule has 0 aliphatic heterocycles. The Kier molecular flexibility index (Phi) is 8.21. The third kappa shape index (κ3) is 6.43. The Morgan fingerprint density at radius 1 is 1.06 bits per heavy atom. The maximum Gasteiger partial charge on any atom is 0.322 e. The summed E-state index contributed by atoms with van der Waals surface area (Å²) in [5.41, 5.74) is 8.45. The molecule has 0 radical (unpaired) electrons. The highest BCUT2D eigenvalue weighted by atomic mass is 19.1. The van der Waals surface area contributed by atoms with E-state index < -0.39 is 11.6 Å². The summed E-state index contributed by atoms with van der Waals surface area (Å²) in [6.07, 6.45) is 0. The van der Waals surface area contributed by atoms with Crippen molar-refractivity contribution in [3.63, 3.8) is 0 Å². The average molecular weight is 456 g/mol. The van der Waals surface area contributed by atoms with Crippen LogP contribution in [0.4, 0.5) is 19.3 Å². The van der Waals surface area contributed by atoms with Crippen molar-refractivity contribution in [1.29, 1.82) is 0 Å². The molecule has 2 amide bonds. The van der Waals surface area contributed by atoms with E-state index in [0.717, 1.165) is 22.9 Å². The fraction of sp³-hybridized carbons (Fsp3) is 0.240. The number of carbonyl (C=O) groups excluding carboxylic acids is 1. The first-order valence-electron chi connectivity index (χ1n) is 10.5. The third-order valence-corrected chi connectivity index (χ3v) is 5.07. The number of nitrogens with two attached hydrogens (primary N) is 1. The number of carbonyl (C=O) groups is 1. The van der Waals surface area contributed by atoms with Gasteiger partial charge in [0.15, 0.2) is 11.5 Å². The number of ether oxygens (including phenoxy) is 2. The molecule has 3 aromatic carbocycles. The van der Waals surface area contributed by atoms with Gasteiger partial charge in [0.1, 0.15) is 18.2 Å². The standard InChI is InChI=1S/C25H27F2N3O3/c1-17-5-3-4-6-22(17)29-25(31)30(12-11-28)15-18-7-10-23(24(13-18)32-2)33-16-19-8-9-20(26)14-21(19)27/h3-10,13-14H,11-12,15-16,28H2,1-2H3,(H,29,31). The van der Waals surface area contributed by atoms with Crippen molar-refractivity contribution < 1.29 is 23.0 Å². The first kappa shape index (κ1) is 24.0. The zero-order chi connectivity index (χ0) is 23.8. The van der Waals surface area contributed by atoms with E-state index in [9.17, 15) is 13.6 Å². The SMILES string of the molecule is COc1cc(CN(CCN)C(=O)Nc2ccccc2C)ccc1OCc1ccc(F)cc1F. The van der Waals surface area contributed by atoms with Crippen LogP contribution in [0.25, 0.3) is 0 Å². The lowest BCUT2D eigenvalue weighted by molar-refractivity contribution is 0.210. The highest BCUT2D eigenvalue weighted by Gasteiger charge is 2.16. The van der Waals surface area contributed by atoms with Crippen LogP contribution in [0.1, 0.15) is 16.7 Å². The number of aryl methyl sites for hydroxylation is 1. The summed E-state index contributed by atoms with van der Waals surface area (Å²) in [6.45, 7) is 2.81. The predicted molar refractivity (Wildman–Crippen MR) is 123 cm³/mol. The quantitative estimate of drug-likeness (QED) is 0.483. The Morgan fingerprint density at radius 2 is 1.85 bits per heavy atom. The first-order chi connectivity index (χ1) is 15.9. The van der Waals surface area contributed by atoms with Crippen LogP contribution in [0, 0.1) is 18.6 Å². The van der Waals surface area contributed by atoms with Gasteiger partial charge in [-0.1, -0.05) is 24.3 Å². The number of para-hydroxylation sites is 1. The maximum absolute atomic E-state index is 13.9. The number of hydrogen-bond acceptors (Lipinski definition) is 4. The summed E-state index contributed by atoms with van der Waals surface area (Å²) in [5, 5.41) is 2.92. The van der Waals surface area contributed by atoms with Gasteiger partial charge in [-0.2, -0.15) is 0 Å². The molecular formula is C25H27F2N3O3. The number of halogens is 2. The van der Waals surface area contributed by atoms with Crippen LogP contribution < -0.4 is 20.5 Å². The molecule has 0 aliphatic rings.